The minimum atomic E-state index is -0.348. The zero-order valence-corrected chi connectivity index (χ0v) is 14.3. The summed E-state index contributed by atoms with van der Waals surface area (Å²) in [4.78, 5) is 29.7. The van der Waals surface area contributed by atoms with Crippen molar-refractivity contribution < 1.29 is 19.1 Å². The molecule has 0 unspecified atom stereocenters. The predicted octanol–water partition coefficient (Wildman–Crippen LogP) is 2.44. The van der Waals surface area contributed by atoms with Gasteiger partial charge >= 0.3 is 5.97 Å². The number of carbonyl (C=O) groups excluding carboxylic acids is 2. The van der Waals surface area contributed by atoms with Crippen molar-refractivity contribution in [1.29, 1.82) is 0 Å². The molecular weight excluding hydrogens is 320 g/mol. The van der Waals surface area contributed by atoms with Gasteiger partial charge in [0, 0.05) is 12.7 Å². The quantitative estimate of drug-likeness (QED) is 0.655. The molecular formula is C19H22N2O4. The molecule has 2 rings (SSSR count). The van der Waals surface area contributed by atoms with E-state index in [9.17, 15) is 9.59 Å². The number of para-hydroxylation sites is 1. The normalized spacial score (nSPS) is 10.1. The summed E-state index contributed by atoms with van der Waals surface area (Å²) in [6, 6.07) is 14.9. The van der Waals surface area contributed by atoms with E-state index in [1.54, 1.807) is 11.1 Å². The average Bonchev–Trinajstić information content (AvgIpc) is 2.66. The van der Waals surface area contributed by atoms with Crippen LogP contribution in [0.2, 0.25) is 0 Å². The molecule has 1 aromatic heterocycles. The zero-order chi connectivity index (χ0) is 17.9. The molecule has 0 N–H and O–H groups in total. The summed E-state index contributed by atoms with van der Waals surface area (Å²) in [6.07, 6.45) is 2.05. The van der Waals surface area contributed by atoms with Crippen molar-refractivity contribution in [2.24, 2.45) is 0 Å². The van der Waals surface area contributed by atoms with E-state index in [1.807, 2.05) is 48.5 Å². The van der Waals surface area contributed by atoms with Crippen LogP contribution in [0.25, 0.3) is 0 Å². The van der Waals surface area contributed by atoms with E-state index < -0.39 is 0 Å². The first-order chi connectivity index (χ1) is 12.2. The van der Waals surface area contributed by atoms with Crippen LogP contribution in [0.15, 0.2) is 54.7 Å². The van der Waals surface area contributed by atoms with Crippen LogP contribution in [-0.2, 0) is 20.9 Å². The molecule has 0 fully saturated rings. The maximum Gasteiger partial charge on any atom is 0.307 e. The van der Waals surface area contributed by atoms with Crippen LogP contribution in [0.5, 0.6) is 5.75 Å². The molecule has 0 saturated carbocycles. The summed E-state index contributed by atoms with van der Waals surface area (Å²) in [5.74, 6) is 0.283. The SMILES string of the molecule is COC(=O)CCN(Cc1ccccn1)C(=O)CCOc1ccccc1. The number of rotatable bonds is 9. The maximum atomic E-state index is 12.5. The number of hydrogen-bond acceptors (Lipinski definition) is 5. The Morgan fingerprint density at radius 2 is 1.80 bits per heavy atom. The van der Waals surface area contributed by atoms with Crippen molar-refractivity contribution in [3.05, 3.63) is 60.4 Å². The highest BCUT2D eigenvalue weighted by Crippen LogP contribution is 2.10. The zero-order valence-electron chi connectivity index (χ0n) is 14.3. The van der Waals surface area contributed by atoms with Gasteiger partial charge in [-0.3, -0.25) is 14.6 Å². The van der Waals surface area contributed by atoms with Gasteiger partial charge in [0.25, 0.3) is 0 Å². The Kier molecular flexibility index (Phi) is 7.43. The number of amides is 1. The highest BCUT2D eigenvalue weighted by atomic mass is 16.5. The van der Waals surface area contributed by atoms with Crippen molar-refractivity contribution >= 4 is 11.9 Å². The van der Waals surface area contributed by atoms with E-state index in [0.717, 1.165) is 11.4 Å². The lowest BCUT2D eigenvalue weighted by Gasteiger charge is -2.22. The number of esters is 1. The molecule has 0 saturated heterocycles. The lowest BCUT2D eigenvalue weighted by molar-refractivity contribution is -0.142. The van der Waals surface area contributed by atoms with Gasteiger partial charge in [-0.15, -0.1) is 0 Å². The van der Waals surface area contributed by atoms with Gasteiger partial charge < -0.3 is 14.4 Å². The number of nitrogens with zero attached hydrogens (tertiary/aromatic N) is 2. The third-order valence-corrected chi connectivity index (χ3v) is 3.57. The molecule has 6 heteroatoms. The van der Waals surface area contributed by atoms with Crippen LogP contribution in [0.1, 0.15) is 18.5 Å². The van der Waals surface area contributed by atoms with Crippen molar-refractivity contribution in [1.82, 2.24) is 9.88 Å². The minimum absolute atomic E-state index is 0.0921. The van der Waals surface area contributed by atoms with E-state index in [1.165, 1.54) is 7.11 Å². The van der Waals surface area contributed by atoms with Gasteiger partial charge in [-0.25, -0.2) is 0 Å². The highest BCUT2D eigenvalue weighted by Gasteiger charge is 2.16. The summed E-state index contributed by atoms with van der Waals surface area (Å²) < 4.78 is 10.2. The largest absolute Gasteiger partial charge is 0.493 e. The van der Waals surface area contributed by atoms with Gasteiger partial charge in [0.15, 0.2) is 0 Å². The molecule has 0 spiro atoms. The number of benzene rings is 1. The van der Waals surface area contributed by atoms with Crippen molar-refractivity contribution in [3.63, 3.8) is 0 Å². The first-order valence-electron chi connectivity index (χ1n) is 8.11. The van der Waals surface area contributed by atoms with Crippen molar-refractivity contribution in [2.75, 3.05) is 20.3 Å². The lowest BCUT2D eigenvalue weighted by Crippen LogP contribution is -2.33. The van der Waals surface area contributed by atoms with Gasteiger partial charge in [0.2, 0.25) is 5.91 Å². The fourth-order valence-corrected chi connectivity index (χ4v) is 2.24. The third-order valence-electron chi connectivity index (χ3n) is 3.57. The van der Waals surface area contributed by atoms with Gasteiger partial charge in [0.05, 0.1) is 38.8 Å². The molecule has 1 heterocycles. The van der Waals surface area contributed by atoms with E-state index >= 15 is 0 Å². The maximum absolute atomic E-state index is 12.5. The first kappa shape index (κ1) is 18.4. The summed E-state index contributed by atoms with van der Waals surface area (Å²) in [6.45, 7) is 0.912. The van der Waals surface area contributed by atoms with Crippen LogP contribution < -0.4 is 4.74 Å². The Balaban J connectivity index is 1.90. The smallest absolute Gasteiger partial charge is 0.307 e. The average molecular weight is 342 g/mol. The topological polar surface area (TPSA) is 68.7 Å². The number of hydrogen-bond donors (Lipinski definition) is 0. The molecule has 0 bridgehead atoms. The highest BCUT2D eigenvalue weighted by molar-refractivity contribution is 5.77. The fourth-order valence-electron chi connectivity index (χ4n) is 2.24. The van der Waals surface area contributed by atoms with E-state index in [2.05, 4.69) is 9.72 Å². The summed E-state index contributed by atoms with van der Waals surface area (Å²) >= 11 is 0. The van der Waals surface area contributed by atoms with Crippen molar-refractivity contribution in [2.45, 2.75) is 19.4 Å². The first-order valence-corrected chi connectivity index (χ1v) is 8.11. The molecule has 0 atom stereocenters. The van der Waals surface area contributed by atoms with E-state index in [0.29, 0.717) is 6.54 Å². The second-order valence-electron chi connectivity index (χ2n) is 5.37. The van der Waals surface area contributed by atoms with Gasteiger partial charge in [-0.05, 0) is 24.3 Å². The predicted molar refractivity (Wildman–Crippen MR) is 92.8 cm³/mol. The number of pyridine rings is 1. The Morgan fingerprint density at radius 1 is 1.04 bits per heavy atom. The molecule has 25 heavy (non-hydrogen) atoms. The van der Waals surface area contributed by atoms with Crippen LogP contribution in [0, 0.1) is 0 Å². The van der Waals surface area contributed by atoms with Gasteiger partial charge in [0.1, 0.15) is 5.75 Å². The molecule has 0 aliphatic carbocycles. The Hall–Kier alpha value is -2.89. The van der Waals surface area contributed by atoms with Crippen LogP contribution in [-0.4, -0.2) is 42.0 Å². The summed E-state index contributed by atoms with van der Waals surface area (Å²) in [5, 5.41) is 0. The molecule has 6 nitrogen and oxygen atoms in total. The van der Waals surface area contributed by atoms with Crippen LogP contribution in [0.4, 0.5) is 0 Å². The van der Waals surface area contributed by atoms with Crippen LogP contribution >= 0.6 is 0 Å². The third kappa shape index (κ3) is 6.63. The molecule has 0 radical (unpaired) electrons. The standard InChI is InChI=1S/C19H22N2O4/c1-24-19(23)10-13-21(15-16-7-5-6-12-20-16)18(22)11-14-25-17-8-3-2-4-9-17/h2-9,12H,10-11,13-15H2,1H3. The number of aromatic nitrogens is 1. The van der Waals surface area contributed by atoms with Gasteiger partial charge in [-0.1, -0.05) is 24.3 Å². The minimum Gasteiger partial charge on any atom is -0.493 e. The molecule has 1 aromatic carbocycles. The Bertz CT molecular complexity index is 662. The lowest BCUT2D eigenvalue weighted by atomic mass is 10.2. The molecule has 0 aliphatic rings. The summed E-state index contributed by atoms with van der Waals surface area (Å²) in [5.41, 5.74) is 0.768. The number of ether oxygens (including phenoxy) is 2. The number of carbonyl (C=O) groups is 2. The molecule has 2 aromatic rings. The molecule has 0 aliphatic heterocycles. The second-order valence-corrected chi connectivity index (χ2v) is 5.37. The monoisotopic (exact) mass is 342 g/mol. The van der Waals surface area contributed by atoms with Crippen LogP contribution in [0.3, 0.4) is 0 Å². The van der Waals surface area contributed by atoms with E-state index in [4.69, 9.17) is 4.74 Å². The number of methoxy groups -OCH3 is 1. The fraction of sp³-hybridized carbons (Fsp3) is 0.316. The van der Waals surface area contributed by atoms with E-state index in [-0.39, 0.29) is 37.9 Å². The summed E-state index contributed by atoms with van der Waals surface area (Å²) in [7, 11) is 1.33. The molecule has 132 valence electrons. The second kappa shape index (κ2) is 10.1. The van der Waals surface area contributed by atoms with Crippen molar-refractivity contribution in [3.8, 4) is 5.75 Å². The Labute approximate surface area is 147 Å². The van der Waals surface area contributed by atoms with Gasteiger partial charge in [-0.2, -0.15) is 0 Å². The molecule has 1 amide bonds. The Morgan fingerprint density at radius 3 is 2.48 bits per heavy atom.